The summed E-state index contributed by atoms with van der Waals surface area (Å²) in [6, 6.07) is 41.1. The molecule has 15 rings (SSSR count). The standard InChI is InChI=1S/2C10H11NO.C9H10N2O.C9H12.3C8H11N.2C7H10N2.2C7H10S.C6H12.C6H14.11C2H6/c1-7(2)10-5-8-6-11-4-3-9(8)12-10;1-7(2)9-5-8-3-4-11-6-10(8)12-9;1-6(2)8-3-7-4-10-5-11-9(7)12-8;1-8(2)9-6-4-3-5-7-9;1-7(2)8-3-5-9-6-4-8;1-7(2)8-4-3-5-9-6-8;1-7(2)8-5-3-4-6-9-8;1-6(2)7-3-8-5-9-4-7;1-6(2)7-5-8-3-4-9-7;1-6(2)7-3-4-8-5-7;1-6(2)7-4-3-5-8-7;1-5(2)6-3-4-6;1-5(2)6(3)4;11*1-2/h2*3-7H,1-2H3;3-6H,1-2H3;3-8H,1-2H3;3*3-7H,1-2H3;2*3-6H,1-2H3;2*3-6H,1-2H3;5-6H,3-4H2,1-2H3;5-6H,1-4H3;11*1-2H3. The SMILES string of the molecule is CC.CC.CC.CC.CC.CC.CC.CC.CC.CC.CC.CC(C)C(C)C.CC(C)C1CC1.CC(C)c1cc2ccncc2o1.CC(C)c1cc2cnccc2o1.CC(C)c1cc2cncnc2o1.CC(C)c1ccccc1.CC(C)c1ccccn1.CC(C)c1cccnc1.CC(C)c1cccs1.CC(C)c1ccncc1.CC(C)c1ccsc1.CC(C)c1cnccn1.CC(C)c1cncnc1. The van der Waals surface area contributed by atoms with Crippen LogP contribution < -0.4 is 0 Å². The Labute approximate surface area is 870 Å². The molecule has 1 aliphatic carbocycles. The van der Waals surface area contributed by atoms with E-state index < -0.39 is 0 Å². The Balaban J connectivity index is -0.000000187. The van der Waals surface area contributed by atoms with E-state index in [2.05, 4.69) is 319 Å². The fourth-order valence-electron chi connectivity index (χ4n) is 9.70. The van der Waals surface area contributed by atoms with Gasteiger partial charge in [-0.3, -0.25) is 34.9 Å². The first kappa shape index (κ1) is 148. The average molecular weight is 1970 g/mol. The molecule has 16 heteroatoms. The average Bonchev–Trinajstić information content (AvgIpc) is 1.70. The Morgan fingerprint density at radius 2 is 0.671 bits per heavy atom. The van der Waals surface area contributed by atoms with E-state index in [1.54, 1.807) is 67.2 Å². The maximum absolute atomic E-state index is 5.59. The van der Waals surface area contributed by atoms with Crippen molar-refractivity contribution in [3.8, 4) is 0 Å². The minimum atomic E-state index is 0.402. The van der Waals surface area contributed by atoms with Gasteiger partial charge in [-0.25, -0.2) is 19.9 Å². The second kappa shape index (κ2) is 102. The summed E-state index contributed by atoms with van der Waals surface area (Å²) in [4.78, 5) is 45.4. The Hall–Kier alpha value is -9.77. The van der Waals surface area contributed by atoms with Gasteiger partial charge < -0.3 is 13.3 Å². The smallest absolute Gasteiger partial charge is 0.229 e. The molecule has 1 aromatic carbocycles. The summed E-state index contributed by atoms with van der Waals surface area (Å²) in [5.41, 5.74) is 11.4. The predicted octanol–water partition coefficient (Wildman–Crippen LogP) is 42.3. The van der Waals surface area contributed by atoms with Crippen LogP contribution in [0.4, 0.5) is 0 Å². The first-order chi connectivity index (χ1) is 67.2. The van der Waals surface area contributed by atoms with Gasteiger partial charge in [-0.15, -0.1) is 11.3 Å². The number of nitrogens with zero attached hydrogens (tertiary/aromatic N) is 11. The normalized spacial score (nSPS) is 9.89. The maximum Gasteiger partial charge on any atom is 0.229 e. The van der Waals surface area contributed by atoms with E-state index in [1.165, 1.54) is 51.9 Å². The summed E-state index contributed by atoms with van der Waals surface area (Å²) < 4.78 is 16.6. The lowest BCUT2D eigenvalue weighted by atomic mass is 10.0. The van der Waals surface area contributed by atoms with Gasteiger partial charge in [-0.05, 0) is 201 Å². The predicted molar refractivity (Wildman–Crippen MR) is 629 cm³/mol. The molecular weight excluding hydrogens is 1760 g/mol. The Kier molecular flexibility index (Phi) is 108. The summed E-state index contributed by atoms with van der Waals surface area (Å²) in [6.07, 6.45) is 33.0. The molecular formula is C124H209N11O3S2. The highest BCUT2D eigenvalue weighted by Gasteiger charge is 2.24. The maximum atomic E-state index is 5.59. The molecule has 790 valence electrons. The summed E-state index contributed by atoms with van der Waals surface area (Å²) in [7, 11) is 0. The van der Waals surface area contributed by atoms with Gasteiger partial charge in [0, 0.05) is 126 Å². The lowest BCUT2D eigenvalue weighted by molar-refractivity contribution is 0.457. The van der Waals surface area contributed by atoms with Crippen molar-refractivity contribution in [2.24, 2.45) is 23.7 Å². The van der Waals surface area contributed by atoms with Crippen LogP contribution in [0, 0.1) is 23.7 Å². The Morgan fingerprint density at radius 1 is 0.257 bits per heavy atom. The molecule has 0 unspecified atom stereocenters. The van der Waals surface area contributed by atoms with Crippen LogP contribution >= 0.6 is 22.7 Å². The summed E-state index contributed by atoms with van der Waals surface area (Å²) >= 11 is 3.60. The molecule has 0 atom stereocenters. The summed E-state index contributed by atoms with van der Waals surface area (Å²) in [5, 5.41) is 9.63. The van der Waals surface area contributed by atoms with Gasteiger partial charge in [-0.1, -0.05) is 395 Å². The van der Waals surface area contributed by atoms with Gasteiger partial charge in [0.25, 0.3) is 0 Å². The van der Waals surface area contributed by atoms with Crippen molar-refractivity contribution >= 4 is 55.7 Å². The van der Waals surface area contributed by atoms with Gasteiger partial charge in [0.1, 0.15) is 35.5 Å². The molecule has 1 fully saturated rings. The topological polar surface area (TPSA) is 181 Å². The Bertz CT molecular complexity index is 4000. The second-order valence-electron chi connectivity index (χ2n) is 33.4. The zero-order valence-corrected chi connectivity index (χ0v) is 100. The number of aromatic nitrogens is 11. The molecule has 0 bridgehead atoms. The van der Waals surface area contributed by atoms with E-state index >= 15 is 0 Å². The minimum absolute atomic E-state index is 0.402. The molecule has 0 aliphatic heterocycles. The molecule has 140 heavy (non-hydrogen) atoms. The van der Waals surface area contributed by atoms with Crippen LogP contribution in [0.2, 0.25) is 0 Å². The van der Waals surface area contributed by atoms with E-state index in [9.17, 15) is 0 Å². The van der Waals surface area contributed by atoms with Crippen molar-refractivity contribution in [2.75, 3.05) is 0 Å². The molecule has 13 aromatic heterocycles. The van der Waals surface area contributed by atoms with Crippen molar-refractivity contribution in [1.29, 1.82) is 0 Å². The zero-order chi connectivity index (χ0) is 109. The van der Waals surface area contributed by atoms with E-state index in [-0.39, 0.29) is 0 Å². The quantitative estimate of drug-likeness (QED) is 0.106. The highest BCUT2D eigenvalue weighted by atomic mass is 32.1. The van der Waals surface area contributed by atoms with Crippen LogP contribution in [0.3, 0.4) is 0 Å². The monoisotopic (exact) mass is 1960 g/mol. The van der Waals surface area contributed by atoms with Gasteiger partial charge in [0.15, 0.2) is 5.58 Å². The third kappa shape index (κ3) is 77.0. The molecule has 14 aromatic rings. The van der Waals surface area contributed by atoms with Gasteiger partial charge in [0.05, 0.1) is 17.3 Å². The van der Waals surface area contributed by atoms with Gasteiger partial charge in [-0.2, -0.15) is 11.3 Å². The lowest BCUT2D eigenvalue weighted by Gasteiger charge is -2.05. The molecule has 14 nitrogen and oxygen atoms in total. The first-order valence-electron chi connectivity index (χ1n) is 53.4. The van der Waals surface area contributed by atoms with Crippen molar-refractivity contribution in [1.82, 2.24) is 54.8 Å². The fraction of sp³-hybridized carbons (Fsp3) is 0.540. The summed E-state index contributed by atoms with van der Waals surface area (Å²) in [5.74, 6) is 12.9. The third-order valence-electron chi connectivity index (χ3n) is 18.7. The first-order valence-corrected chi connectivity index (χ1v) is 55.2. The van der Waals surface area contributed by atoms with Crippen LogP contribution in [0.25, 0.3) is 33.0 Å². The van der Waals surface area contributed by atoms with Crippen LogP contribution in [0.1, 0.15) is 485 Å². The number of hydrogen-bond acceptors (Lipinski definition) is 16. The van der Waals surface area contributed by atoms with Crippen LogP contribution in [-0.2, 0) is 0 Å². The Morgan fingerprint density at radius 3 is 0.993 bits per heavy atom. The minimum Gasteiger partial charge on any atom is -0.461 e. The number of benzene rings is 1. The van der Waals surface area contributed by atoms with Crippen LogP contribution in [-0.4, -0.2) is 54.8 Å². The van der Waals surface area contributed by atoms with Crippen molar-refractivity contribution in [3.05, 3.63) is 304 Å². The van der Waals surface area contributed by atoms with E-state index in [1.807, 2.05) is 274 Å². The highest BCUT2D eigenvalue weighted by Crippen LogP contribution is 2.36. The molecule has 1 aliphatic rings. The largest absolute Gasteiger partial charge is 0.461 e. The number of pyridine rings is 5. The van der Waals surface area contributed by atoms with Gasteiger partial charge >= 0.3 is 0 Å². The highest BCUT2D eigenvalue weighted by molar-refractivity contribution is 7.10. The van der Waals surface area contributed by atoms with Crippen molar-refractivity contribution < 1.29 is 13.3 Å². The molecule has 0 radical (unpaired) electrons. The fourth-order valence-corrected chi connectivity index (χ4v) is 11.3. The number of furan rings is 3. The van der Waals surface area contributed by atoms with E-state index in [0.29, 0.717) is 70.8 Å². The van der Waals surface area contributed by atoms with E-state index in [4.69, 9.17) is 13.3 Å². The number of thiophene rings is 2. The molecule has 0 spiro atoms. The number of fused-ring (bicyclic) bond motifs is 3. The lowest BCUT2D eigenvalue weighted by Crippen LogP contribution is -1.95. The van der Waals surface area contributed by atoms with Gasteiger partial charge in [0.2, 0.25) is 5.71 Å². The second-order valence-corrected chi connectivity index (χ2v) is 35.2. The van der Waals surface area contributed by atoms with Crippen LogP contribution in [0.5, 0.6) is 0 Å². The van der Waals surface area contributed by atoms with Crippen molar-refractivity contribution in [2.45, 2.75) is 424 Å². The third-order valence-corrected chi connectivity index (χ3v) is 20.6. The molecule has 0 N–H and O–H groups in total. The summed E-state index contributed by atoms with van der Waals surface area (Å²) in [6.45, 7) is 105. The molecule has 0 saturated heterocycles. The zero-order valence-electron chi connectivity index (χ0n) is 98.6. The molecule has 0 amide bonds. The number of rotatable bonds is 13. The van der Waals surface area contributed by atoms with E-state index in [0.717, 1.165) is 79.7 Å². The molecule has 1 saturated carbocycles. The molecule has 13 heterocycles. The number of hydrogen-bond donors (Lipinski definition) is 0. The van der Waals surface area contributed by atoms with Crippen molar-refractivity contribution in [3.63, 3.8) is 0 Å². The van der Waals surface area contributed by atoms with Crippen LogP contribution in [0.15, 0.2) is 256 Å².